The summed E-state index contributed by atoms with van der Waals surface area (Å²) in [7, 11) is 1.60. The largest absolute Gasteiger partial charge is 0.333 e. The number of aromatic nitrogens is 1. The van der Waals surface area contributed by atoms with Crippen molar-refractivity contribution in [1.82, 2.24) is 9.88 Å². The van der Waals surface area contributed by atoms with E-state index in [2.05, 4.69) is 10.3 Å². The SMILES string of the molecule is Cc1csc(NC(=O)C(=O)N(C)Cc2ccccc2)n1. The van der Waals surface area contributed by atoms with Crippen LogP contribution in [0.1, 0.15) is 11.3 Å². The maximum absolute atomic E-state index is 11.9. The van der Waals surface area contributed by atoms with E-state index in [1.54, 1.807) is 7.05 Å². The number of aryl methyl sites for hydroxylation is 1. The van der Waals surface area contributed by atoms with E-state index in [0.29, 0.717) is 11.7 Å². The van der Waals surface area contributed by atoms with Crippen LogP contribution in [0.15, 0.2) is 35.7 Å². The van der Waals surface area contributed by atoms with Crippen LogP contribution in [0.2, 0.25) is 0 Å². The van der Waals surface area contributed by atoms with Gasteiger partial charge in [0, 0.05) is 19.0 Å². The summed E-state index contributed by atoms with van der Waals surface area (Å²) in [6.45, 7) is 2.22. The number of carbonyl (C=O) groups excluding carboxylic acids is 2. The zero-order valence-electron chi connectivity index (χ0n) is 11.3. The smallest absolute Gasteiger partial charge is 0.315 e. The highest BCUT2D eigenvalue weighted by molar-refractivity contribution is 7.14. The Kier molecular flexibility index (Phi) is 4.47. The first-order valence-electron chi connectivity index (χ1n) is 6.09. The number of nitrogens with zero attached hydrogens (tertiary/aromatic N) is 2. The predicted molar refractivity (Wildman–Crippen MR) is 78.4 cm³/mol. The molecule has 1 N–H and O–H groups in total. The van der Waals surface area contributed by atoms with E-state index < -0.39 is 11.8 Å². The molecule has 0 aliphatic heterocycles. The van der Waals surface area contributed by atoms with Crippen LogP contribution >= 0.6 is 11.3 Å². The van der Waals surface area contributed by atoms with Crippen LogP contribution < -0.4 is 5.32 Å². The summed E-state index contributed by atoms with van der Waals surface area (Å²) in [5.41, 5.74) is 1.79. The lowest BCUT2D eigenvalue weighted by Crippen LogP contribution is -2.36. The fourth-order valence-electron chi connectivity index (χ4n) is 1.66. The average Bonchev–Trinajstić information content (AvgIpc) is 2.84. The van der Waals surface area contributed by atoms with Crippen molar-refractivity contribution in [2.45, 2.75) is 13.5 Å². The van der Waals surface area contributed by atoms with Crippen molar-refractivity contribution < 1.29 is 9.59 Å². The minimum absolute atomic E-state index is 0.393. The Hall–Kier alpha value is -2.21. The molecule has 0 unspecified atom stereocenters. The molecule has 1 aromatic heterocycles. The highest BCUT2D eigenvalue weighted by Crippen LogP contribution is 2.14. The molecule has 0 aliphatic rings. The minimum Gasteiger partial charge on any atom is -0.333 e. The molecule has 0 bridgehead atoms. The molecule has 6 heteroatoms. The second-order valence-corrected chi connectivity index (χ2v) is 5.25. The normalized spacial score (nSPS) is 10.1. The highest BCUT2D eigenvalue weighted by atomic mass is 32.1. The number of thiazole rings is 1. The van der Waals surface area contributed by atoms with Crippen molar-refractivity contribution >= 4 is 28.3 Å². The lowest BCUT2D eigenvalue weighted by atomic mass is 10.2. The predicted octanol–water partition coefficient (Wildman–Crippen LogP) is 2.05. The van der Waals surface area contributed by atoms with E-state index in [1.165, 1.54) is 16.2 Å². The molecule has 0 atom stereocenters. The second kappa shape index (κ2) is 6.29. The second-order valence-electron chi connectivity index (χ2n) is 4.39. The standard InChI is InChI=1S/C14H15N3O2S/c1-10-9-20-14(15-10)16-12(18)13(19)17(2)8-11-6-4-3-5-7-11/h3-7,9H,8H2,1-2H3,(H,15,16,18). The third kappa shape index (κ3) is 3.64. The van der Waals surface area contributed by atoms with Crippen LogP contribution in [-0.2, 0) is 16.1 Å². The molecule has 0 saturated carbocycles. The highest BCUT2D eigenvalue weighted by Gasteiger charge is 2.19. The Morgan fingerprint density at radius 2 is 2.00 bits per heavy atom. The molecule has 20 heavy (non-hydrogen) atoms. The van der Waals surface area contributed by atoms with E-state index in [0.717, 1.165) is 11.3 Å². The van der Waals surface area contributed by atoms with Crippen LogP contribution in [0.5, 0.6) is 0 Å². The quantitative estimate of drug-likeness (QED) is 0.880. The van der Waals surface area contributed by atoms with Crippen LogP contribution in [-0.4, -0.2) is 28.7 Å². The van der Waals surface area contributed by atoms with Crippen molar-refractivity contribution in [2.24, 2.45) is 0 Å². The first kappa shape index (κ1) is 14.2. The molecule has 1 aromatic carbocycles. The summed E-state index contributed by atoms with van der Waals surface area (Å²) >= 11 is 1.30. The number of hydrogen-bond donors (Lipinski definition) is 1. The number of hydrogen-bond acceptors (Lipinski definition) is 4. The van der Waals surface area contributed by atoms with Gasteiger partial charge in [0.1, 0.15) is 0 Å². The van der Waals surface area contributed by atoms with Gasteiger partial charge in [-0.1, -0.05) is 30.3 Å². The van der Waals surface area contributed by atoms with Gasteiger partial charge < -0.3 is 4.90 Å². The number of anilines is 1. The maximum Gasteiger partial charge on any atom is 0.315 e. The molecule has 0 radical (unpaired) electrons. The molecule has 0 fully saturated rings. The molecular formula is C14H15N3O2S. The molecule has 0 aliphatic carbocycles. The van der Waals surface area contributed by atoms with Gasteiger partial charge in [0.2, 0.25) is 0 Å². The third-order valence-electron chi connectivity index (χ3n) is 2.64. The minimum atomic E-state index is -0.669. The fraction of sp³-hybridized carbons (Fsp3) is 0.214. The average molecular weight is 289 g/mol. The van der Waals surface area contributed by atoms with Crippen LogP contribution in [0.25, 0.3) is 0 Å². The molecular weight excluding hydrogens is 274 g/mol. The first-order valence-corrected chi connectivity index (χ1v) is 6.96. The molecule has 0 saturated heterocycles. The van der Waals surface area contributed by atoms with E-state index in [4.69, 9.17) is 0 Å². The summed E-state index contributed by atoms with van der Waals surface area (Å²) in [6, 6.07) is 9.51. The zero-order valence-corrected chi connectivity index (χ0v) is 12.1. The summed E-state index contributed by atoms with van der Waals surface area (Å²) < 4.78 is 0. The fourth-order valence-corrected chi connectivity index (χ4v) is 2.35. The Morgan fingerprint density at radius 3 is 2.60 bits per heavy atom. The van der Waals surface area contributed by atoms with Crippen molar-refractivity contribution in [3.05, 3.63) is 47.0 Å². The zero-order chi connectivity index (χ0) is 14.5. The van der Waals surface area contributed by atoms with E-state index in [9.17, 15) is 9.59 Å². The van der Waals surface area contributed by atoms with E-state index >= 15 is 0 Å². The molecule has 2 amide bonds. The van der Waals surface area contributed by atoms with Gasteiger partial charge in [-0.3, -0.25) is 14.9 Å². The van der Waals surface area contributed by atoms with Gasteiger partial charge in [-0.05, 0) is 12.5 Å². The van der Waals surface area contributed by atoms with Gasteiger partial charge in [0.15, 0.2) is 5.13 Å². The number of rotatable bonds is 3. The maximum atomic E-state index is 11.9. The van der Waals surface area contributed by atoms with Gasteiger partial charge in [0.05, 0.1) is 5.69 Å². The summed E-state index contributed by atoms with van der Waals surface area (Å²) in [4.78, 5) is 29.2. The number of carbonyl (C=O) groups is 2. The molecule has 2 aromatic rings. The van der Waals surface area contributed by atoms with Crippen LogP contribution in [0.3, 0.4) is 0 Å². The number of benzene rings is 1. The van der Waals surface area contributed by atoms with Gasteiger partial charge in [-0.25, -0.2) is 4.98 Å². The van der Waals surface area contributed by atoms with Crippen molar-refractivity contribution in [3.63, 3.8) is 0 Å². The number of likely N-dealkylation sites (N-methyl/N-ethyl adjacent to an activating group) is 1. The van der Waals surface area contributed by atoms with Crippen molar-refractivity contribution in [2.75, 3.05) is 12.4 Å². The Balaban J connectivity index is 1.94. The lowest BCUT2D eigenvalue weighted by Gasteiger charge is -2.16. The van der Waals surface area contributed by atoms with E-state index in [-0.39, 0.29) is 0 Å². The molecule has 1 heterocycles. The molecule has 5 nitrogen and oxygen atoms in total. The molecule has 2 rings (SSSR count). The Labute approximate surface area is 121 Å². The van der Waals surface area contributed by atoms with Gasteiger partial charge in [0.25, 0.3) is 0 Å². The summed E-state index contributed by atoms with van der Waals surface area (Å²) in [5.74, 6) is -1.25. The van der Waals surface area contributed by atoms with Gasteiger partial charge in [-0.2, -0.15) is 0 Å². The monoisotopic (exact) mass is 289 g/mol. The summed E-state index contributed by atoms with van der Waals surface area (Å²) in [5, 5.41) is 4.76. The van der Waals surface area contributed by atoms with Crippen LogP contribution in [0, 0.1) is 6.92 Å². The Bertz CT molecular complexity index is 610. The number of nitrogens with one attached hydrogen (secondary N) is 1. The van der Waals surface area contributed by atoms with Crippen molar-refractivity contribution in [1.29, 1.82) is 0 Å². The third-order valence-corrected chi connectivity index (χ3v) is 3.52. The van der Waals surface area contributed by atoms with Gasteiger partial charge >= 0.3 is 11.8 Å². The van der Waals surface area contributed by atoms with Gasteiger partial charge in [-0.15, -0.1) is 11.3 Å². The molecule has 0 spiro atoms. The van der Waals surface area contributed by atoms with Crippen molar-refractivity contribution in [3.8, 4) is 0 Å². The Morgan fingerprint density at radius 1 is 1.30 bits per heavy atom. The first-order chi connectivity index (χ1) is 9.56. The lowest BCUT2D eigenvalue weighted by molar-refractivity contribution is -0.142. The van der Waals surface area contributed by atoms with E-state index in [1.807, 2.05) is 42.6 Å². The summed E-state index contributed by atoms with van der Waals surface area (Å²) in [6.07, 6.45) is 0. The number of amides is 2. The molecule has 104 valence electrons. The van der Waals surface area contributed by atoms with Crippen LogP contribution in [0.4, 0.5) is 5.13 Å². The topological polar surface area (TPSA) is 62.3 Å².